The summed E-state index contributed by atoms with van der Waals surface area (Å²) in [6.07, 6.45) is 6.77. The first-order valence-corrected chi connectivity index (χ1v) is 29.1. The van der Waals surface area contributed by atoms with E-state index in [2.05, 4.69) is 151 Å². The zero-order valence-corrected chi connectivity index (χ0v) is 36.9. The molecule has 4 rings (SSSR count). The molecule has 0 saturated heterocycles. The third-order valence-corrected chi connectivity index (χ3v) is 33.0. The number of rotatable bonds is 15. The molecule has 0 aromatic heterocycles. The van der Waals surface area contributed by atoms with Gasteiger partial charge in [0.15, 0.2) is 0 Å². The van der Waals surface area contributed by atoms with Gasteiger partial charge in [-0.1, -0.05) is 0 Å². The molecule has 0 aliphatic heterocycles. The van der Waals surface area contributed by atoms with Crippen LogP contribution in [0.5, 0.6) is 0 Å². The second kappa shape index (κ2) is 16.6. The molecule has 270 valence electrons. The number of benzene rings is 3. The Morgan fingerprint density at radius 2 is 1.33 bits per heavy atom. The number of carbonyl (C=O) groups excluding carboxylic acids is 1. The van der Waals surface area contributed by atoms with Crippen LogP contribution < -0.4 is 5.30 Å². The van der Waals surface area contributed by atoms with Gasteiger partial charge in [-0.2, -0.15) is 0 Å². The molecule has 0 amide bonds. The normalized spacial score (nSPS) is 19.4. The van der Waals surface area contributed by atoms with E-state index in [-0.39, 0.29) is 16.5 Å². The minimum atomic E-state index is -2.12. The van der Waals surface area contributed by atoms with Crippen molar-refractivity contribution < 1.29 is 9.53 Å². The maximum atomic E-state index is 13.0. The zero-order valence-electron chi connectivity index (χ0n) is 32.5. The minimum absolute atomic E-state index is 0.136. The standard InChI is InChI=1S/C43H65BrO2P2Si/c1-12-14-16-32-17-19-33(20-18-32)38-39(34-21-25-36(26-22-34)42(3,4)5)40(38)48(30-15-13-2,43(6,7)8)47(44)37-27-23-35(24-28-37)41(45)46-29-31-49(9,10)11/h17-28,38-40,48H,12-16,29-31H2,1-11H3/t38-,39-,40?,47?/m1/s1. The molecule has 6 heteroatoms. The molecule has 1 aliphatic rings. The molecule has 0 N–H and O–H groups in total. The van der Waals surface area contributed by atoms with Crippen LogP contribution in [0.3, 0.4) is 0 Å². The van der Waals surface area contributed by atoms with Gasteiger partial charge in [-0.25, -0.2) is 0 Å². The molecular weight excluding hydrogens is 718 g/mol. The first kappa shape index (κ1) is 40.5. The summed E-state index contributed by atoms with van der Waals surface area (Å²) in [5.74, 6) is 0.838. The Hall–Kier alpha value is -1.31. The fraction of sp³-hybridized carbons (Fsp3) is 0.558. The Balaban J connectivity index is 1.77. The van der Waals surface area contributed by atoms with Gasteiger partial charge in [0.25, 0.3) is 0 Å². The monoisotopic (exact) mass is 782 g/mol. The summed E-state index contributed by atoms with van der Waals surface area (Å²) in [7, 11) is -1.26. The number of aryl methyl sites for hydroxylation is 1. The van der Waals surface area contributed by atoms with E-state index in [0.29, 0.717) is 29.7 Å². The van der Waals surface area contributed by atoms with Crippen LogP contribution in [0.1, 0.15) is 126 Å². The van der Waals surface area contributed by atoms with Crippen LogP contribution in [-0.2, 0) is 16.6 Å². The first-order valence-electron chi connectivity index (χ1n) is 18.9. The van der Waals surface area contributed by atoms with E-state index in [1.807, 2.05) is 12.1 Å². The van der Waals surface area contributed by atoms with E-state index < -0.39 is 21.3 Å². The van der Waals surface area contributed by atoms with Gasteiger partial charge in [0, 0.05) is 0 Å². The van der Waals surface area contributed by atoms with Gasteiger partial charge in [-0.05, 0) is 0 Å². The van der Waals surface area contributed by atoms with E-state index in [0.717, 1.165) is 12.5 Å². The van der Waals surface area contributed by atoms with Crippen LogP contribution in [0.4, 0.5) is 0 Å². The van der Waals surface area contributed by atoms with E-state index in [9.17, 15) is 4.79 Å². The predicted molar refractivity (Wildman–Crippen MR) is 228 cm³/mol. The number of unbranched alkanes of at least 4 members (excludes halogenated alkanes) is 2. The molecule has 2 nitrogen and oxygen atoms in total. The molecule has 3 aromatic carbocycles. The second-order valence-electron chi connectivity index (χ2n) is 17.8. The number of esters is 1. The second-order valence-corrected chi connectivity index (χ2v) is 36.9. The predicted octanol–water partition coefficient (Wildman–Crippen LogP) is 13.5. The van der Waals surface area contributed by atoms with Crippen molar-refractivity contribution in [2.24, 2.45) is 0 Å². The van der Waals surface area contributed by atoms with Crippen molar-refractivity contribution in [1.29, 1.82) is 0 Å². The van der Waals surface area contributed by atoms with Crippen LogP contribution in [0.2, 0.25) is 25.7 Å². The number of halogens is 1. The molecule has 0 spiro atoms. The first-order chi connectivity index (χ1) is 22.9. The summed E-state index contributed by atoms with van der Waals surface area (Å²) in [6, 6.07) is 28.9. The van der Waals surface area contributed by atoms with Crippen LogP contribution in [-0.4, -0.2) is 37.6 Å². The fourth-order valence-corrected chi connectivity index (χ4v) is 30.8. The van der Waals surface area contributed by atoms with Crippen molar-refractivity contribution in [3.05, 3.63) is 101 Å². The van der Waals surface area contributed by atoms with Crippen molar-refractivity contribution in [1.82, 2.24) is 0 Å². The average Bonchev–Trinajstić information content (AvgIpc) is 3.78. The summed E-state index contributed by atoms with van der Waals surface area (Å²) in [5, 5.41) is 1.55. The van der Waals surface area contributed by atoms with Gasteiger partial charge in [0.05, 0.1) is 0 Å². The van der Waals surface area contributed by atoms with Gasteiger partial charge in [0.2, 0.25) is 0 Å². The molecule has 49 heavy (non-hydrogen) atoms. The third-order valence-electron chi connectivity index (χ3n) is 10.9. The molecule has 0 radical (unpaired) electrons. The van der Waals surface area contributed by atoms with Crippen molar-refractivity contribution >= 4 is 48.1 Å². The molecule has 3 aromatic rings. The molecule has 0 bridgehead atoms. The van der Waals surface area contributed by atoms with E-state index >= 15 is 0 Å². The van der Waals surface area contributed by atoms with Crippen LogP contribution in [0.15, 0.2) is 72.8 Å². The number of carbonyl (C=O) groups is 1. The van der Waals surface area contributed by atoms with Crippen LogP contribution in [0.25, 0.3) is 0 Å². The Morgan fingerprint density at radius 1 is 0.796 bits per heavy atom. The zero-order chi connectivity index (χ0) is 36.2. The maximum absolute atomic E-state index is 13.0. The van der Waals surface area contributed by atoms with Crippen LogP contribution >= 0.6 is 28.8 Å². The number of hydrogen-bond acceptors (Lipinski definition) is 2. The Labute approximate surface area is 310 Å². The van der Waals surface area contributed by atoms with Gasteiger partial charge >= 0.3 is 312 Å². The summed E-state index contributed by atoms with van der Waals surface area (Å²) in [4.78, 5) is 13.0. The molecular formula is C43H65BrO2P2Si. The van der Waals surface area contributed by atoms with Crippen molar-refractivity contribution in [2.75, 3.05) is 12.8 Å². The Bertz CT molecular complexity index is 1500. The van der Waals surface area contributed by atoms with Crippen molar-refractivity contribution in [3.63, 3.8) is 0 Å². The molecule has 1 aliphatic carbocycles. The topological polar surface area (TPSA) is 26.3 Å². The van der Waals surface area contributed by atoms with Crippen molar-refractivity contribution in [3.8, 4) is 0 Å². The summed E-state index contributed by atoms with van der Waals surface area (Å²) in [6.45, 7) is 24.5. The summed E-state index contributed by atoms with van der Waals surface area (Å²) >= 11 is 4.53. The van der Waals surface area contributed by atoms with Gasteiger partial charge in [-0.15, -0.1) is 0 Å². The van der Waals surface area contributed by atoms with Crippen molar-refractivity contribution in [2.45, 2.75) is 141 Å². The van der Waals surface area contributed by atoms with Gasteiger partial charge < -0.3 is 0 Å². The third kappa shape index (κ3) is 9.77. The Kier molecular flexibility index (Phi) is 13.7. The van der Waals surface area contributed by atoms with Gasteiger partial charge in [-0.3, -0.25) is 0 Å². The van der Waals surface area contributed by atoms with Crippen LogP contribution in [0, 0.1) is 0 Å². The summed E-state index contributed by atoms with van der Waals surface area (Å²) in [5.41, 5.74) is 7.30. The van der Waals surface area contributed by atoms with Gasteiger partial charge in [0.1, 0.15) is 0 Å². The SMILES string of the molecule is CCCCc1ccc([C@H]2C([PH](CCCC)(P(Br)c3ccc(C(=O)OCC[Si](C)(C)C)cc3)C(C)(C)C)[C@@H]2c2ccc(C(C)(C)C)cc2)cc1. The molecule has 1 saturated carbocycles. The molecule has 2 unspecified atom stereocenters. The molecule has 4 atom stereocenters. The number of hydrogen-bond donors (Lipinski definition) is 0. The number of ether oxygens (including phenoxy) is 1. The average molecular weight is 784 g/mol. The van der Waals surface area contributed by atoms with E-state index in [1.54, 1.807) is 0 Å². The fourth-order valence-electron chi connectivity index (χ4n) is 7.73. The Morgan fingerprint density at radius 3 is 1.80 bits per heavy atom. The quantitative estimate of drug-likeness (QED) is 0.0872. The molecule has 0 heterocycles. The van der Waals surface area contributed by atoms with E-state index in [1.165, 1.54) is 59.4 Å². The molecule has 1 fully saturated rings. The van der Waals surface area contributed by atoms with E-state index in [4.69, 9.17) is 4.74 Å². The summed E-state index contributed by atoms with van der Waals surface area (Å²) < 4.78 is 5.71.